The third kappa shape index (κ3) is 2.67. The highest BCUT2D eigenvalue weighted by atomic mass is 32.2. The molecular formula is C15H12F2N2O2S. The van der Waals surface area contributed by atoms with Gasteiger partial charge in [0, 0.05) is 22.3 Å². The molecule has 0 amide bonds. The molecule has 4 nitrogen and oxygen atoms in total. The molecule has 0 aliphatic heterocycles. The second-order valence-electron chi connectivity index (χ2n) is 4.94. The molecule has 0 saturated heterocycles. The van der Waals surface area contributed by atoms with Crippen LogP contribution in [0.4, 0.5) is 14.5 Å². The smallest absolute Gasteiger partial charge is 0.261 e. The molecule has 2 N–H and O–H groups in total. The Morgan fingerprint density at radius 1 is 1.00 bits per heavy atom. The van der Waals surface area contributed by atoms with Gasteiger partial charge >= 0.3 is 0 Å². The number of aromatic amines is 1. The van der Waals surface area contributed by atoms with Crippen LogP contribution in [0.3, 0.4) is 0 Å². The lowest BCUT2D eigenvalue weighted by molar-refractivity contribution is 0.504. The van der Waals surface area contributed by atoms with Crippen molar-refractivity contribution in [3.8, 4) is 0 Å². The normalized spacial score (nSPS) is 11.8. The van der Waals surface area contributed by atoms with E-state index >= 15 is 0 Å². The summed E-state index contributed by atoms with van der Waals surface area (Å²) >= 11 is 0. The van der Waals surface area contributed by atoms with Crippen LogP contribution in [0, 0.1) is 18.6 Å². The maximum atomic E-state index is 13.2. The summed E-state index contributed by atoms with van der Waals surface area (Å²) < 4.78 is 52.8. The number of aryl methyl sites for hydroxylation is 1. The predicted molar refractivity (Wildman–Crippen MR) is 80.2 cm³/mol. The highest BCUT2D eigenvalue weighted by molar-refractivity contribution is 7.92. The first-order valence-electron chi connectivity index (χ1n) is 6.42. The third-order valence-electron chi connectivity index (χ3n) is 3.21. The summed E-state index contributed by atoms with van der Waals surface area (Å²) in [6.07, 6.45) is 0. The van der Waals surface area contributed by atoms with Crippen molar-refractivity contribution in [3.05, 3.63) is 59.8 Å². The lowest BCUT2D eigenvalue weighted by atomic mass is 10.2. The molecule has 0 spiro atoms. The number of rotatable bonds is 3. The van der Waals surface area contributed by atoms with Crippen LogP contribution in [0.1, 0.15) is 5.69 Å². The van der Waals surface area contributed by atoms with Crippen molar-refractivity contribution in [2.45, 2.75) is 11.8 Å². The number of nitrogens with one attached hydrogen (secondary N) is 2. The average molecular weight is 322 g/mol. The van der Waals surface area contributed by atoms with Gasteiger partial charge in [-0.3, -0.25) is 4.72 Å². The van der Waals surface area contributed by atoms with E-state index in [0.717, 1.165) is 28.7 Å². The molecule has 22 heavy (non-hydrogen) atoms. The van der Waals surface area contributed by atoms with Gasteiger partial charge in [-0.1, -0.05) is 0 Å². The summed E-state index contributed by atoms with van der Waals surface area (Å²) in [6.45, 7) is 1.89. The van der Waals surface area contributed by atoms with Crippen molar-refractivity contribution >= 4 is 26.6 Å². The number of anilines is 1. The summed E-state index contributed by atoms with van der Waals surface area (Å²) in [5.74, 6) is -2.30. The van der Waals surface area contributed by atoms with Crippen LogP contribution in [0.5, 0.6) is 0 Å². The second kappa shape index (κ2) is 5.10. The standard InChI is InChI=1S/C15H12F2N2O2S/c1-9-6-10-7-11(2-5-15(10)18-9)19-22(20,21)12-3-4-13(16)14(17)8-12/h2-8,18-19H,1H3. The zero-order valence-electron chi connectivity index (χ0n) is 11.5. The molecule has 0 atom stereocenters. The Morgan fingerprint density at radius 3 is 2.50 bits per heavy atom. The minimum Gasteiger partial charge on any atom is -0.359 e. The van der Waals surface area contributed by atoms with Crippen molar-refractivity contribution < 1.29 is 17.2 Å². The Kier molecular flexibility index (Phi) is 3.37. The molecule has 0 aliphatic carbocycles. The summed E-state index contributed by atoms with van der Waals surface area (Å²) in [6, 6.07) is 9.32. The summed E-state index contributed by atoms with van der Waals surface area (Å²) in [5, 5.41) is 0.850. The van der Waals surface area contributed by atoms with Crippen molar-refractivity contribution in [3.63, 3.8) is 0 Å². The zero-order chi connectivity index (χ0) is 15.9. The minimum atomic E-state index is -3.98. The Hall–Kier alpha value is -2.41. The van der Waals surface area contributed by atoms with E-state index in [1.807, 2.05) is 13.0 Å². The average Bonchev–Trinajstić information content (AvgIpc) is 2.80. The molecule has 0 bridgehead atoms. The van der Waals surface area contributed by atoms with Gasteiger partial charge in [-0.15, -0.1) is 0 Å². The van der Waals surface area contributed by atoms with Crippen LogP contribution in [0.15, 0.2) is 47.4 Å². The van der Waals surface area contributed by atoms with Gasteiger partial charge in [0.1, 0.15) is 0 Å². The molecule has 1 heterocycles. The third-order valence-corrected chi connectivity index (χ3v) is 4.59. The molecule has 1 aromatic heterocycles. The van der Waals surface area contributed by atoms with Crippen molar-refractivity contribution in [2.24, 2.45) is 0 Å². The number of hydrogen-bond donors (Lipinski definition) is 2. The molecule has 3 aromatic rings. The van der Waals surface area contributed by atoms with Gasteiger partial charge in [0.2, 0.25) is 0 Å². The van der Waals surface area contributed by atoms with E-state index < -0.39 is 21.7 Å². The number of H-pyrrole nitrogens is 1. The van der Waals surface area contributed by atoms with Crippen LogP contribution in [0.25, 0.3) is 10.9 Å². The molecule has 114 valence electrons. The topological polar surface area (TPSA) is 62.0 Å². The molecule has 0 fully saturated rings. The zero-order valence-corrected chi connectivity index (χ0v) is 12.3. The SMILES string of the molecule is Cc1cc2cc(NS(=O)(=O)c3ccc(F)c(F)c3)ccc2[nH]1. The summed E-state index contributed by atoms with van der Waals surface area (Å²) in [7, 11) is -3.98. The van der Waals surface area contributed by atoms with Crippen molar-refractivity contribution in [2.75, 3.05) is 4.72 Å². The van der Waals surface area contributed by atoms with Crippen molar-refractivity contribution in [1.82, 2.24) is 4.98 Å². The fourth-order valence-electron chi connectivity index (χ4n) is 2.20. The van der Waals surface area contributed by atoms with E-state index in [1.165, 1.54) is 0 Å². The number of benzene rings is 2. The second-order valence-corrected chi connectivity index (χ2v) is 6.62. The molecule has 0 saturated carbocycles. The van der Waals surface area contributed by atoms with Crippen LogP contribution < -0.4 is 4.72 Å². The largest absolute Gasteiger partial charge is 0.359 e. The number of hydrogen-bond acceptors (Lipinski definition) is 2. The Morgan fingerprint density at radius 2 is 1.77 bits per heavy atom. The van der Waals surface area contributed by atoms with Crippen LogP contribution >= 0.6 is 0 Å². The highest BCUT2D eigenvalue weighted by Crippen LogP contribution is 2.23. The van der Waals surface area contributed by atoms with Gasteiger partial charge in [0.25, 0.3) is 10.0 Å². The van der Waals surface area contributed by atoms with Crippen LogP contribution in [-0.4, -0.2) is 13.4 Å². The first kappa shape index (κ1) is 14.5. The van der Waals surface area contributed by atoms with E-state index in [-0.39, 0.29) is 4.90 Å². The van der Waals surface area contributed by atoms with E-state index in [0.29, 0.717) is 11.8 Å². The Balaban J connectivity index is 1.96. The quantitative estimate of drug-likeness (QED) is 0.774. The molecular weight excluding hydrogens is 310 g/mol. The van der Waals surface area contributed by atoms with Crippen LogP contribution in [-0.2, 0) is 10.0 Å². The van der Waals surface area contributed by atoms with E-state index in [2.05, 4.69) is 9.71 Å². The Bertz CT molecular complexity index is 965. The lowest BCUT2D eigenvalue weighted by Crippen LogP contribution is -2.13. The fourth-order valence-corrected chi connectivity index (χ4v) is 3.26. The van der Waals surface area contributed by atoms with E-state index in [1.54, 1.807) is 18.2 Å². The monoisotopic (exact) mass is 322 g/mol. The van der Waals surface area contributed by atoms with Gasteiger partial charge in [0.05, 0.1) is 4.90 Å². The first-order chi connectivity index (χ1) is 10.3. The maximum absolute atomic E-state index is 13.2. The molecule has 0 radical (unpaired) electrons. The van der Waals surface area contributed by atoms with Gasteiger partial charge in [-0.25, -0.2) is 17.2 Å². The van der Waals surface area contributed by atoms with Gasteiger partial charge in [-0.05, 0) is 49.4 Å². The minimum absolute atomic E-state index is 0.336. The number of aromatic nitrogens is 1. The molecule has 0 aliphatic rings. The van der Waals surface area contributed by atoms with Gasteiger partial charge < -0.3 is 4.98 Å². The first-order valence-corrected chi connectivity index (χ1v) is 7.91. The maximum Gasteiger partial charge on any atom is 0.261 e. The van der Waals surface area contributed by atoms with E-state index in [4.69, 9.17) is 0 Å². The Labute approximate surface area is 125 Å². The van der Waals surface area contributed by atoms with Gasteiger partial charge in [0.15, 0.2) is 11.6 Å². The molecule has 7 heteroatoms. The molecule has 0 unspecified atom stereocenters. The number of fused-ring (bicyclic) bond motifs is 1. The summed E-state index contributed by atoms with van der Waals surface area (Å²) in [4.78, 5) is 2.79. The van der Waals surface area contributed by atoms with Crippen molar-refractivity contribution in [1.29, 1.82) is 0 Å². The van der Waals surface area contributed by atoms with E-state index in [9.17, 15) is 17.2 Å². The van der Waals surface area contributed by atoms with Gasteiger partial charge in [-0.2, -0.15) is 0 Å². The number of halogens is 2. The predicted octanol–water partition coefficient (Wildman–Crippen LogP) is 3.56. The lowest BCUT2D eigenvalue weighted by Gasteiger charge is -2.08. The highest BCUT2D eigenvalue weighted by Gasteiger charge is 2.17. The molecule has 2 aromatic carbocycles. The number of sulfonamides is 1. The molecule has 3 rings (SSSR count). The van der Waals surface area contributed by atoms with Crippen LogP contribution in [0.2, 0.25) is 0 Å². The summed E-state index contributed by atoms with van der Waals surface area (Å²) in [5.41, 5.74) is 2.18. The fraction of sp³-hybridized carbons (Fsp3) is 0.0667.